The molecular weight excluding hydrogens is 469 g/mol. The molecule has 1 atom stereocenters. The molecule has 7 nitrogen and oxygen atoms in total. The number of hydrogen-bond acceptors (Lipinski definition) is 4. The van der Waals surface area contributed by atoms with Crippen LogP contribution in [0.4, 0.5) is 4.39 Å². The summed E-state index contributed by atoms with van der Waals surface area (Å²) in [5, 5.41) is 11.2. The highest BCUT2D eigenvalue weighted by Gasteiger charge is 2.35. The molecule has 3 aromatic carbocycles. The van der Waals surface area contributed by atoms with E-state index >= 15 is 4.39 Å². The molecule has 0 aliphatic heterocycles. The van der Waals surface area contributed by atoms with E-state index in [9.17, 15) is 9.59 Å². The van der Waals surface area contributed by atoms with Crippen molar-refractivity contribution in [3.05, 3.63) is 95.3 Å². The summed E-state index contributed by atoms with van der Waals surface area (Å²) in [5.41, 5.74) is 3.07. The lowest BCUT2D eigenvalue weighted by molar-refractivity contribution is -0.142. The average Bonchev–Trinajstić information content (AvgIpc) is 3.25. The summed E-state index contributed by atoms with van der Waals surface area (Å²) in [7, 11) is 0. The molecule has 0 radical (unpaired) electrons. The number of nitrogens with one attached hydrogen (secondary N) is 1. The van der Waals surface area contributed by atoms with Gasteiger partial charge in [0.05, 0.1) is 5.52 Å². The van der Waals surface area contributed by atoms with Gasteiger partial charge in [-0.25, -0.2) is 9.07 Å². The predicted octanol–water partition coefficient (Wildman–Crippen LogP) is 4.61. The number of aryl methyl sites for hydroxylation is 1. The number of aromatic nitrogens is 3. The maximum Gasteiger partial charge on any atom is 0.247 e. The largest absolute Gasteiger partial charge is 0.349 e. The number of fused-ring (bicyclic) bond motifs is 1. The fourth-order valence-corrected chi connectivity index (χ4v) is 4.37. The second kappa shape index (κ2) is 10.9. The van der Waals surface area contributed by atoms with Gasteiger partial charge in [-0.3, -0.25) is 9.59 Å². The molecule has 0 unspecified atom stereocenters. The van der Waals surface area contributed by atoms with E-state index in [-0.39, 0.29) is 24.6 Å². The number of carbonyl (C=O) groups is 2. The maximum absolute atomic E-state index is 15.1. The third-order valence-electron chi connectivity index (χ3n) is 6.17. The Morgan fingerprint density at radius 1 is 1.00 bits per heavy atom. The first-order valence-corrected chi connectivity index (χ1v) is 12.3. The van der Waals surface area contributed by atoms with E-state index in [4.69, 9.17) is 0 Å². The molecule has 0 aliphatic rings. The molecule has 192 valence electrons. The SMILES string of the molecule is Cc1ccccc1CCN(C(=O)Cn1nnc2ccccc21)[C@@H](C(=O)NC(C)(C)C)c1ccccc1F. The standard InChI is InChI=1S/C29H32FN5O2/c1-20-11-5-6-12-21(20)17-18-34(26(36)19-35-25-16-10-9-15-24(25)32-33-35)27(28(37)31-29(2,3)4)22-13-7-8-14-23(22)30/h5-16,27H,17-19H2,1-4H3,(H,31,37)/t27-/m1/s1. The summed E-state index contributed by atoms with van der Waals surface area (Å²) in [6, 6.07) is 20.2. The molecule has 4 aromatic rings. The molecule has 8 heteroatoms. The van der Waals surface area contributed by atoms with Crippen molar-refractivity contribution in [3.63, 3.8) is 0 Å². The van der Waals surface area contributed by atoms with Crippen molar-refractivity contribution in [2.45, 2.75) is 52.2 Å². The van der Waals surface area contributed by atoms with Crippen LogP contribution in [0.2, 0.25) is 0 Å². The van der Waals surface area contributed by atoms with E-state index in [1.807, 2.05) is 76.2 Å². The number of benzene rings is 3. The van der Waals surface area contributed by atoms with Gasteiger partial charge in [-0.15, -0.1) is 5.10 Å². The average molecular weight is 502 g/mol. The number of para-hydroxylation sites is 1. The van der Waals surface area contributed by atoms with Gasteiger partial charge in [-0.1, -0.05) is 59.8 Å². The third kappa shape index (κ3) is 6.20. The van der Waals surface area contributed by atoms with Crippen molar-refractivity contribution in [1.82, 2.24) is 25.2 Å². The Labute approximate surface area is 216 Å². The van der Waals surface area contributed by atoms with Crippen molar-refractivity contribution in [3.8, 4) is 0 Å². The van der Waals surface area contributed by atoms with Gasteiger partial charge in [0.25, 0.3) is 0 Å². The molecule has 0 fully saturated rings. The number of carbonyl (C=O) groups excluding carboxylic acids is 2. The number of hydrogen-bond donors (Lipinski definition) is 1. The van der Waals surface area contributed by atoms with Gasteiger partial charge in [0.15, 0.2) is 0 Å². The number of nitrogens with zero attached hydrogens (tertiary/aromatic N) is 4. The molecule has 2 amide bonds. The molecule has 0 bridgehead atoms. The van der Waals surface area contributed by atoms with Crippen LogP contribution < -0.4 is 5.32 Å². The Morgan fingerprint density at radius 3 is 2.41 bits per heavy atom. The molecule has 0 aliphatic carbocycles. The van der Waals surface area contributed by atoms with E-state index in [2.05, 4.69) is 15.6 Å². The summed E-state index contributed by atoms with van der Waals surface area (Å²) in [4.78, 5) is 29.0. The Bertz CT molecular complexity index is 1410. The van der Waals surface area contributed by atoms with Gasteiger partial charge < -0.3 is 10.2 Å². The summed E-state index contributed by atoms with van der Waals surface area (Å²) in [6.45, 7) is 7.64. The van der Waals surface area contributed by atoms with Gasteiger partial charge >= 0.3 is 0 Å². The molecular formula is C29H32FN5O2. The first-order valence-electron chi connectivity index (χ1n) is 12.3. The van der Waals surface area contributed by atoms with E-state index in [0.717, 1.165) is 11.1 Å². The summed E-state index contributed by atoms with van der Waals surface area (Å²) < 4.78 is 16.6. The molecule has 0 saturated heterocycles. The van der Waals surface area contributed by atoms with Crippen LogP contribution in [0.3, 0.4) is 0 Å². The molecule has 1 N–H and O–H groups in total. The lowest BCUT2D eigenvalue weighted by atomic mass is 9.99. The maximum atomic E-state index is 15.1. The monoisotopic (exact) mass is 501 g/mol. The van der Waals surface area contributed by atoms with Crippen LogP contribution >= 0.6 is 0 Å². The third-order valence-corrected chi connectivity index (χ3v) is 6.17. The molecule has 1 heterocycles. The first-order chi connectivity index (χ1) is 17.6. The van der Waals surface area contributed by atoms with Crippen LogP contribution in [0.1, 0.15) is 43.5 Å². The Kier molecular flexibility index (Phi) is 7.66. The van der Waals surface area contributed by atoms with Gasteiger partial charge in [0.2, 0.25) is 11.8 Å². The molecule has 0 spiro atoms. The van der Waals surface area contributed by atoms with Gasteiger partial charge in [0, 0.05) is 17.6 Å². The Hall–Kier alpha value is -4.07. The van der Waals surface area contributed by atoms with Gasteiger partial charge in [0.1, 0.15) is 23.9 Å². The van der Waals surface area contributed by atoms with Gasteiger partial charge in [-0.05, 0) is 63.4 Å². The van der Waals surface area contributed by atoms with Crippen molar-refractivity contribution in [1.29, 1.82) is 0 Å². The van der Waals surface area contributed by atoms with Gasteiger partial charge in [-0.2, -0.15) is 0 Å². The van der Waals surface area contributed by atoms with E-state index in [1.54, 1.807) is 18.2 Å². The fourth-order valence-electron chi connectivity index (χ4n) is 4.37. The van der Waals surface area contributed by atoms with Crippen LogP contribution in [-0.2, 0) is 22.6 Å². The fraction of sp³-hybridized carbons (Fsp3) is 0.310. The van der Waals surface area contributed by atoms with Crippen molar-refractivity contribution >= 4 is 22.8 Å². The minimum atomic E-state index is -1.16. The Balaban J connectivity index is 1.74. The number of rotatable bonds is 8. The van der Waals surface area contributed by atoms with Crippen LogP contribution in [0.5, 0.6) is 0 Å². The topological polar surface area (TPSA) is 80.1 Å². The molecule has 37 heavy (non-hydrogen) atoms. The first kappa shape index (κ1) is 26.0. The zero-order valence-corrected chi connectivity index (χ0v) is 21.6. The van der Waals surface area contributed by atoms with E-state index in [0.29, 0.717) is 17.5 Å². The van der Waals surface area contributed by atoms with E-state index in [1.165, 1.54) is 15.6 Å². The van der Waals surface area contributed by atoms with Crippen LogP contribution in [0.15, 0.2) is 72.8 Å². The second-order valence-electron chi connectivity index (χ2n) is 10.2. The normalized spacial score (nSPS) is 12.4. The lowest BCUT2D eigenvalue weighted by Gasteiger charge is -2.34. The summed E-state index contributed by atoms with van der Waals surface area (Å²) >= 11 is 0. The highest BCUT2D eigenvalue weighted by atomic mass is 19.1. The van der Waals surface area contributed by atoms with Crippen molar-refractivity contribution < 1.29 is 14.0 Å². The van der Waals surface area contributed by atoms with Crippen molar-refractivity contribution in [2.24, 2.45) is 0 Å². The summed E-state index contributed by atoms with van der Waals surface area (Å²) in [6.07, 6.45) is 0.504. The molecule has 4 rings (SSSR count). The quantitative estimate of drug-likeness (QED) is 0.383. The predicted molar refractivity (Wildman–Crippen MR) is 141 cm³/mol. The Morgan fingerprint density at radius 2 is 1.68 bits per heavy atom. The zero-order valence-electron chi connectivity index (χ0n) is 21.6. The molecule has 1 aromatic heterocycles. The van der Waals surface area contributed by atoms with Crippen LogP contribution in [0.25, 0.3) is 11.0 Å². The smallest absolute Gasteiger partial charge is 0.247 e. The summed E-state index contributed by atoms with van der Waals surface area (Å²) in [5.74, 6) is -1.35. The number of halogens is 1. The number of amides is 2. The van der Waals surface area contributed by atoms with Crippen molar-refractivity contribution in [2.75, 3.05) is 6.54 Å². The van der Waals surface area contributed by atoms with Crippen LogP contribution in [-0.4, -0.2) is 43.8 Å². The second-order valence-corrected chi connectivity index (χ2v) is 10.2. The van der Waals surface area contributed by atoms with Crippen LogP contribution in [0, 0.1) is 12.7 Å². The highest BCUT2D eigenvalue weighted by molar-refractivity contribution is 5.89. The minimum absolute atomic E-state index is 0.137. The molecule has 0 saturated carbocycles. The zero-order chi connectivity index (χ0) is 26.6. The van der Waals surface area contributed by atoms with E-state index < -0.39 is 23.3 Å². The lowest BCUT2D eigenvalue weighted by Crippen LogP contribution is -2.50. The highest BCUT2D eigenvalue weighted by Crippen LogP contribution is 2.26. The minimum Gasteiger partial charge on any atom is -0.349 e.